The molecule has 2 atom stereocenters. The van der Waals surface area contributed by atoms with Gasteiger partial charge in [-0.05, 0) is 59.2 Å². The number of Topliss-reactive ketones (excluding diaryl/α,β-unsaturated/α-hetero) is 1. The van der Waals surface area contributed by atoms with Gasteiger partial charge in [0.05, 0.1) is 18.8 Å². The predicted molar refractivity (Wildman–Crippen MR) is 150 cm³/mol. The number of ether oxygens (including phenoxy) is 2. The Balaban J connectivity index is 1.39. The minimum atomic E-state index is -3.89. The van der Waals surface area contributed by atoms with Crippen molar-refractivity contribution in [1.29, 1.82) is 0 Å². The van der Waals surface area contributed by atoms with Crippen LogP contribution in [0.3, 0.4) is 0 Å². The Kier molecular flexibility index (Phi) is 7.58. The Hall–Kier alpha value is -2.43. The van der Waals surface area contributed by atoms with Gasteiger partial charge in [-0.2, -0.15) is 4.31 Å². The minimum Gasteiger partial charge on any atom is -0.454 e. The molecule has 1 aromatic carbocycles. The van der Waals surface area contributed by atoms with E-state index >= 15 is 0 Å². The molecule has 2 aliphatic carbocycles. The molecule has 0 spiro atoms. The average molecular weight is 575 g/mol. The number of carbonyl (C=O) groups excluding carboxylic acids is 2. The van der Waals surface area contributed by atoms with Crippen LogP contribution in [-0.2, 0) is 32.7 Å². The van der Waals surface area contributed by atoms with Crippen LogP contribution in [0, 0.1) is 22.7 Å². The molecule has 2 unspecified atom stereocenters. The van der Waals surface area contributed by atoms with Crippen molar-refractivity contribution in [1.82, 2.24) is 9.21 Å². The zero-order valence-electron chi connectivity index (χ0n) is 23.1. The molecule has 1 aromatic heterocycles. The zero-order valence-corrected chi connectivity index (χ0v) is 24.8. The highest BCUT2D eigenvalue weighted by molar-refractivity contribution is 7.89. The number of thiophene rings is 1. The van der Waals surface area contributed by atoms with Gasteiger partial charge in [0.25, 0.3) is 0 Å². The first-order chi connectivity index (χ1) is 18.4. The Morgan fingerprint density at radius 2 is 1.92 bits per heavy atom. The lowest BCUT2D eigenvalue weighted by molar-refractivity contribution is -0.132. The molecular weight excluding hydrogens is 536 g/mol. The van der Waals surface area contributed by atoms with Gasteiger partial charge in [0.15, 0.2) is 11.5 Å². The fourth-order valence-electron chi connectivity index (χ4n) is 6.53. The molecule has 1 aliphatic heterocycles. The van der Waals surface area contributed by atoms with Gasteiger partial charge in [0, 0.05) is 29.8 Å². The van der Waals surface area contributed by atoms with Gasteiger partial charge in [-0.3, -0.25) is 9.59 Å². The van der Waals surface area contributed by atoms with Crippen molar-refractivity contribution >= 4 is 33.1 Å². The van der Waals surface area contributed by atoms with Crippen LogP contribution in [0.5, 0.6) is 11.5 Å². The number of hydrogen-bond donors (Lipinski definition) is 0. The molecule has 2 bridgehead atoms. The van der Waals surface area contributed by atoms with E-state index in [0.29, 0.717) is 37.4 Å². The zero-order chi connectivity index (χ0) is 28.0. The van der Waals surface area contributed by atoms with E-state index in [2.05, 4.69) is 0 Å². The number of sulfonamides is 1. The van der Waals surface area contributed by atoms with Crippen LogP contribution in [0.2, 0.25) is 0 Å². The lowest BCUT2D eigenvalue weighted by Gasteiger charge is -2.38. The summed E-state index contributed by atoms with van der Waals surface area (Å²) < 4.78 is 40.2. The van der Waals surface area contributed by atoms with Crippen molar-refractivity contribution in [3.8, 4) is 11.5 Å². The highest BCUT2D eigenvalue weighted by Crippen LogP contribution is 2.64. The van der Waals surface area contributed by atoms with Gasteiger partial charge in [-0.1, -0.05) is 39.8 Å². The lowest BCUT2D eigenvalue weighted by atomic mass is 9.70. The van der Waals surface area contributed by atoms with Crippen LogP contribution in [0.25, 0.3) is 0 Å². The Labute approximate surface area is 235 Å². The summed E-state index contributed by atoms with van der Waals surface area (Å²) in [5.41, 5.74) is -0.371. The largest absolute Gasteiger partial charge is 0.454 e. The van der Waals surface area contributed by atoms with Crippen molar-refractivity contribution < 1.29 is 27.5 Å². The van der Waals surface area contributed by atoms with Crippen LogP contribution in [0.1, 0.15) is 57.4 Å². The van der Waals surface area contributed by atoms with Gasteiger partial charge in [0.2, 0.25) is 22.7 Å². The quantitative estimate of drug-likeness (QED) is 0.387. The first kappa shape index (κ1) is 28.1. The summed E-state index contributed by atoms with van der Waals surface area (Å²) in [6, 6.07) is 9.50. The first-order valence-corrected chi connectivity index (χ1v) is 16.1. The van der Waals surface area contributed by atoms with E-state index in [4.69, 9.17) is 9.47 Å². The number of nitrogens with zero attached hydrogens (tertiary/aromatic N) is 2. The number of fused-ring (bicyclic) bond motifs is 3. The SMILES string of the molecule is CC(C)CN(CC(=O)N(Cc1ccc2c(c1)OCO2)Cc1cccs1)S(=O)(=O)CC12CCC(CC1=O)C2(C)C. The number of benzene rings is 1. The molecule has 0 N–H and O–H groups in total. The topological polar surface area (TPSA) is 93.2 Å². The minimum absolute atomic E-state index is 0.0216. The monoisotopic (exact) mass is 574 g/mol. The second-order valence-electron chi connectivity index (χ2n) is 12.1. The Morgan fingerprint density at radius 3 is 2.56 bits per heavy atom. The summed E-state index contributed by atoms with van der Waals surface area (Å²) in [4.78, 5) is 29.7. The molecule has 2 fully saturated rings. The summed E-state index contributed by atoms with van der Waals surface area (Å²) in [7, 11) is -3.89. The van der Waals surface area contributed by atoms with Crippen LogP contribution in [0.15, 0.2) is 35.7 Å². The number of amides is 1. The molecule has 1 amide bonds. The lowest BCUT2D eigenvalue weighted by Crippen LogP contribution is -2.50. The van der Waals surface area contributed by atoms with Crippen molar-refractivity contribution in [2.75, 3.05) is 25.6 Å². The highest BCUT2D eigenvalue weighted by Gasteiger charge is 2.65. The molecular formula is C29H38N2O6S2. The normalized spacial score (nSPS) is 23.2. The third-order valence-electron chi connectivity index (χ3n) is 8.93. The molecule has 10 heteroatoms. The van der Waals surface area contributed by atoms with E-state index in [9.17, 15) is 18.0 Å². The molecule has 2 saturated carbocycles. The molecule has 0 radical (unpaired) electrons. The van der Waals surface area contributed by atoms with Crippen molar-refractivity contribution in [3.05, 3.63) is 46.2 Å². The summed E-state index contributed by atoms with van der Waals surface area (Å²) in [6.07, 6.45) is 1.93. The van der Waals surface area contributed by atoms with Crippen molar-refractivity contribution in [3.63, 3.8) is 0 Å². The second kappa shape index (κ2) is 10.5. The molecule has 3 aliphatic rings. The number of hydrogen-bond acceptors (Lipinski definition) is 7. The average Bonchev–Trinajstić information content (AvgIpc) is 3.62. The van der Waals surface area contributed by atoms with E-state index in [1.165, 1.54) is 4.31 Å². The third-order valence-corrected chi connectivity index (χ3v) is 11.7. The number of ketones is 1. The van der Waals surface area contributed by atoms with Gasteiger partial charge in [0.1, 0.15) is 5.78 Å². The van der Waals surface area contributed by atoms with Crippen molar-refractivity contribution in [2.24, 2.45) is 22.7 Å². The molecule has 5 rings (SSSR count). The van der Waals surface area contributed by atoms with Gasteiger partial charge >= 0.3 is 0 Å². The Morgan fingerprint density at radius 1 is 1.15 bits per heavy atom. The number of rotatable bonds is 11. The Bertz CT molecular complexity index is 1340. The van der Waals surface area contributed by atoms with Gasteiger partial charge in [-0.25, -0.2) is 8.42 Å². The van der Waals surface area contributed by atoms with E-state index in [-0.39, 0.29) is 54.6 Å². The van der Waals surface area contributed by atoms with E-state index in [0.717, 1.165) is 16.9 Å². The molecule has 2 heterocycles. The molecule has 8 nitrogen and oxygen atoms in total. The second-order valence-corrected chi connectivity index (χ2v) is 15.1. The molecule has 39 heavy (non-hydrogen) atoms. The number of carbonyl (C=O) groups is 2. The van der Waals surface area contributed by atoms with Gasteiger partial charge in [-0.15, -0.1) is 11.3 Å². The fraction of sp³-hybridized carbons (Fsp3) is 0.586. The third kappa shape index (κ3) is 5.35. The standard InChI is InChI=1S/C29H38N2O6S2/c1-20(2)14-31(39(34,35)18-29-10-9-22(13-26(29)32)28(29,3)4)17-27(33)30(16-23-6-5-11-38-23)15-21-7-8-24-25(12-21)37-19-36-24/h5-8,11-12,20,22H,9-10,13-19H2,1-4H3. The van der Waals surface area contributed by atoms with Crippen LogP contribution in [0.4, 0.5) is 0 Å². The summed E-state index contributed by atoms with van der Waals surface area (Å²) in [6.45, 7) is 8.77. The summed E-state index contributed by atoms with van der Waals surface area (Å²) >= 11 is 1.55. The van der Waals surface area contributed by atoms with E-state index in [1.54, 1.807) is 16.2 Å². The molecule has 0 saturated heterocycles. The highest BCUT2D eigenvalue weighted by atomic mass is 32.2. The maximum absolute atomic E-state index is 14.0. The maximum Gasteiger partial charge on any atom is 0.238 e. The van der Waals surface area contributed by atoms with E-state index < -0.39 is 15.4 Å². The van der Waals surface area contributed by atoms with Crippen LogP contribution < -0.4 is 9.47 Å². The van der Waals surface area contributed by atoms with Gasteiger partial charge < -0.3 is 14.4 Å². The summed E-state index contributed by atoms with van der Waals surface area (Å²) in [5.74, 6) is 1.11. The molecule has 212 valence electrons. The van der Waals surface area contributed by atoms with E-state index in [1.807, 2.05) is 63.4 Å². The van der Waals surface area contributed by atoms with Crippen molar-refractivity contribution in [2.45, 2.75) is 60.0 Å². The maximum atomic E-state index is 14.0. The molecule has 2 aromatic rings. The smallest absolute Gasteiger partial charge is 0.238 e. The predicted octanol–water partition coefficient (Wildman–Crippen LogP) is 4.69. The first-order valence-electron chi connectivity index (χ1n) is 13.6. The fourth-order valence-corrected chi connectivity index (χ4v) is 9.56. The van der Waals surface area contributed by atoms with Crippen LogP contribution in [-0.4, -0.2) is 54.9 Å². The van der Waals surface area contributed by atoms with Crippen LogP contribution >= 0.6 is 11.3 Å². The summed E-state index contributed by atoms with van der Waals surface area (Å²) in [5, 5.41) is 1.96.